The van der Waals surface area contributed by atoms with Crippen molar-refractivity contribution in [3.05, 3.63) is 40.1 Å². The fraction of sp³-hybridized carbons (Fsp3) is 0.143. The van der Waals surface area contributed by atoms with E-state index in [2.05, 4.69) is 31.2 Å². The smallest absolute Gasteiger partial charge is 0.205 e. The van der Waals surface area contributed by atoms with E-state index in [1.54, 1.807) is 7.11 Å². The third-order valence-corrected chi connectivity index (χ3v) is 3.70. The van der Waals surface area contributed by atoms with Crippen molar-refractivity contribution in [2.75, 3.05) is 12.8 Å². The molecule has 0 saturated heterocycles. The van der Waals surface area contributed by atoms with Gasteiger partial charge in [0, 0.05) is 11.6 Å². The van der Waals surface area contributed by atoms with Crippen molar-refractivity contribution in [3.8, 4) is 17.2 Å². The van der Waals surface area contributed by atoms with Crippen molar-refractivity contribution in [3.63, 3.8) is 0 Å². The Bertz CT molecular complexity index is 881. The molecule has 7 nitrogen and oxygen atoms in total. The first-order valence-electron chi connectivity index (χ1n) is 6.34. The Morgan fingerprint density at radius 2 is 2.05 bits per heavy atom. The lowest BCUT2D eigenvalue weighted by Crippen LogP contribution is -2.06. The Labute approximate surface area is 134 Å². The molecule has 2 heterocycles. The largest absolute Gasteiger partial charge is 0.381 e. The van der Waals surface area contributed by atoms with E-state index in [0.29, 0.717) is 17.9 Å². The van der Waals surface area contributed by atoms with Crippen LogP contribution in [0.1, 0.15) is 11.4 Å². The summed E-state index contributed by atoms with van der Waals surface area (Å²) >= 11 is 3.41. The van der Waals surface area contributed by atoms with Gasteiger partial charge in [-0.1, -0.05) is 28.1 Å². The number of ether oxygens (including phenoxy) is 1. The molecule has 0 aliphatic heterocycles. The molecule has 0 aliphatic rings. The molecule has 0 unspecified atom stereocenters. The number of halogens is 1. The lowest BCUT2D eigenvalue weighted by Gasteiger charge is -2.03. The third kappa shape index (κ3) is 2.30. The highest BCUT2D eigenvalue weighted by Crippen LogP contribution is 2.30. The topological polar surface area (TPSA) is 102 Å². The number of aromatic nitrogens is 4. The van der Waals surface area contributed by atoms with Crippen LogP contribution in [0.25, 0.3) is 16.8 Å². The molecule has 8 heteroatoms. The maximum Gasteiger partial charge on any atom is 0.205 e. The SMILES string of the molecule is COCc1nn2c(N)c(C#N)nnc2c1-c1ccc(Br)cc1. The minimum absolute atomic E-state index is 0.0429. The van der Waals surface area contributed by atoms with Crippen LogP contribution < -0.4 is 5.73 Å². The van der Waals surface area contributed by atoms with Crippen molar-refractivity contribution in [2.24, 2.45) is 0 Å². The van der Waals surface area contributed by atoms with Gasteiger partial charge in [0.15, 0.2) is 11.5 Å². The highest BCUT2D eigenvalue weighted by Gasteiger charge is 2.19. The monoisotopic (exact) mass is 358 g/mol. The van der Waals surface area contributed by atoms with Crippen molar-refractivity contribution in [1.82, 2.24) is 19.8 Å². The van der Waals surface area contributed by atoms with Gasteiger partial charge < -0.3 is 10.5 Å². The zero-order valence-corrected chi connectivity index (χ0v) is 13.2. The molecule has 0 atom stereocenters. The Morgan fingerprint density at radius 1 is 1.32 bits per heavy atom. The molecule has 22 heavy (non-hydrogen) atoms. The molecule has 0 radical (unpaired) electrons. The number of nitrogen functional groups attached to an aromatic ring is 1. The van der Waals surface area contributed by atoms with E-state index in [-0.39, 0.29) is 11.5 Å². The second-order valence-corrected chi connectivity index (χ2v) is 5.46. The molecule has 0 aliphatic carbocycles. The van der Waals surface area contributed by atoms with Gasteiger partial charge in [-0.05, 0) is 17.7 Å². The first kappa shape index (κ1) is 14.4. The summed E-state index contributed by atoms with van der Waals surface area (Å²) < 4.78 is 7.60. The van der Waals surface area contributed by atoms with Crippen molar-refractivity contribution < 1.29 is 4.74 Å². The molecular formula is C14H11BrN6O. The van der Waals surface area contributed by atoms with Gasteiger partial charge in [0.05, 0.1) is 17.9 Å². The average Bonchev–Trinajstić information content (AvgIpc) is 2.88. The van der Waals surface area contributed by atoms with Crippen molar-refractivity contribution in [1.29, 1.82) is 5.26 Å². The molecule has 0 amide bonds. The van der Waals surface area contributed by atoms with Crippen molar-refractivity contribution >= 4 is 27.4 Å². The Balaban J connectivity index is 2.31. The summed E-state index contributed by atoms with van der Waals surface area (Å²) in [6, 6.07) is 9.63. The minimum atomic E-state index is 0.0429. The second-order valence-electron chi connectivity index (χ2n) is 4.54. The molecule has 0 fully saturated rings. The Hall–Kier alpha value is -2.50. The first-order chi connectivity index (χ1) is 10.7. The van der Waals surface area contributed by atoms with Gasteiger partial charge in [-0.25, -0.2) is 0 Å². The number of hydrogen-bond acceptors (Lipinski definition) is 6. The molecule has 0 spiro atoms. The van der Waals surface area contributed by atoms with E-state index in [0.717, 1.165) is 15.6 Å². The quantitative estimate of drug-likeness (QED) is 0.769. The lowest BCUT2D eigenvalue weighted by atomic mass is 10.1. The number of rotatable bonds is 3. The highest BCUT2D eigenvalue weighted by molar-refractivity contribution is 9.10. The van der Waals surface area contributed by atoms with E-state index in [1.807, 2.05) is 30.3 Å². The summed E-state index contributed by atoms with van der Waals surface area (Å²) in [5.74, 6) is 0.160. The van der Waals surface area contributed by atoms with Gasteiger partial charge in [0.2, 0.25) is 5.69 Å². The van der Waals surface area contributed by atoms with Crippen LogP contribution in [0.4, 0.5) is 5.82 Å². The lowest BCUT2D eigenvalue weighted by molar-refractivity contribution is 0.181. The number of nitrogens with zero attached hydrogens (tertiary/aromatic N) is 5. The zero-order valence-electron chi connectivity index (χ0n) is 11.6. The van der Waals surface area contributed by atoms with E-state index in [1.165, 1.54) is 4.52 Å². The van der Waals surface area contributed by atoms with Crippen LogP contribution in [0, 0.1) is 11.3 Å². The number of anilines is 1. The third-order valence-electron chi connectivity index (χ3n) is 3.17. The van der Waals surface area contributed by atoms with Crippen LogP contribution in [-0.2, 0) is 11.3 Å². The molecule has 0 saturated carbocycles. The number of hydrogen-bond donors (Lipinski definition) is 1. The predicted octanol–water partition coefficient (Wildman–Crippen LogP) is 2.15. The molecule has 0 bridgehead atoms. The fourth-order valence-electron chi connectivity index (χ4n) is 2.19. The number of fused-ring (bicyclic) bond motifs is 1. The van der Waals surface area contributed by atoms with E-state index in [9.17, 15) is 0 Å². The molecule has 110 valence electrons. The summed E-state index contributed by atoms with van der Waals surface area (Å²) in [5, 5.41) is 21.4. The average molecular weight is 359 g/mol. The molecule has 2 aromatic heterocycles. The normalized spacial score (nSPS) is 10.8. The Morgan fingerprint density at radius 3 is 2.68 bits per heavy atom. The van der Waals surface area contributed by atoms with Crippen LogP contribution in [0.2, 0.25) is 0 Å². The van der Waals surface area contributed by atoms with Crippen LogP contribution in [0.15, 0.2) is 28.7 Å². The van der Waals surface area contributed by atoms with Crippen LogP contribution in [0.3, 0.4) is 0 Å². The van der Waals surface area contributed by atoms with E-state index in [4.69, 9.17) is 15.7 Å². The second kappa shape index (κ2) is 5.71. The van der Waals surface area contributed by atoms with Gasteiger partial charge in [0.25, 0.3) is 0 Å². The molecule has 3 aromatic rings. The van der Waals surface area contributed by atoms with Crippen LogP contribution in [-0.4, -0.2) is 26.9 Å². The van der Waals surface area contributed by atoms with Crippen LogP contribution >= 0.6 is 15.9 Å². The van der Waals surface area contributed by atoms with Gasteiger partial charge in [-0.15, -0.1) is 10.2 Å². The van der Waals surface area contributed by atoms with E-state index < -0.39 is 0 Å². The summed E-state index contributed by atoms with van der Waals surface area (Å²) in [6.45, 7) is 0.302. The summed E-state index contributed by atoms with van der Waals surface area (Å²) in [6.07, 6.45) is 0. The summed E-state index contributed by atoms with van der Waals surface area (Å²) in [4.78, 5) is 0. The molecule has 1 aromatic carbocycles. The Kier molecular flexibility index (Phi) is 3.75. The van der Waals surface area contributed by atoms with Crippen molar-refractivity contribution in [2.45, 2.75) is 6.61 Å². The minimum Gasteiger partial charge on any atom is -0.381 e. The fourth-order valence-corrected chi connectivity index (χ4v) is 2.46. The molecule has 2 N–H and O–H groups in total. The maximum absolute atomic E-state index is 9.00. The standard InChI is InChI=1S/C14H11BrN6O/c1-22-7-11-12(8-2-4-9(15)5-3-8)14-19-18-10(6-16)13(17)21(14)20-11/h2-5H,7,17H2,1H3. The van der Waals surface area contributed by atoms with Gasteiger partial charge in [0.1, 0.15) is 6.07 Å². The first-order valence-corrected chi connectivity index (χ1v) is 7.13. The summed E-state index contributed by atoms with van der Waals surface area (Å²) in [7, 11) is 1.59. The van der Waals surface area contributed by atoms with Gasteiger partial charge in [-0.2, -0.15) is 14.9 Å². The van der Waals surface area contributed by atoms with Gasteiger partial charge >= 0.3 is 0 Å². The predicted molar refractivity (Wildman–Crippen MR) is 83.8 cm³/mol. The number of nitriles is 1. The summed E-state index contributed by atoms with van der Waals surface area (Å²) in [5.41, 5.74) is 8.86. The molecular weight excluding hydrogens is 348 g/mol. The zero-order chi connectivity index (χ0) is 15.7. The van der Waals surface area contributed by atoms with Crippen LogP contribution in [0.5, 0.6) is 0 Å². The molecule has 3 rings (SSSR count). The van der Waals surface area contributed by atoms with Gasteiger partial charge in [-0.3, -0.25) is 0 Å². The number of nitrogens with two attached hydrogens (primary N) is 1. The number of methoxy groups -OCH3 is 1. The maximum atomic E-state index is 9.00. The number of benzene rings is 1. The van der Waals surface area contributed by atoms with E-state index >= 15 is 0 Å². The highest BCUT2D eigenvalue weighted by atomic mass is 79.9.